The number of hydrogen-bond donors (Lipinski definition) is 4. The minimum Gasteiger partial charge on any atom is -0.481 e. The van der Waals surface area contributed by atoms with Crippen LogP contribution in [0.4, 0.5) is 4.79 Å². The number of alkyl carbamates (subject to hydrolysis) is 1. The molecule has 2 aliphatic carbocycles. The van der Waals surface area contributed by atoms with Gasteiger partial charge in [0.2, 0.25) is 0 Å². The number of carboxylic acids is 1. The monoisotopic (exact) mass is 408 g/mol. The summed E-state index contributed by atoms with van der Waals surface area (Å²) in [5.41, 5.74) is 5.17. The van der Waals surface area contributed by atoms with Crippen LogP contribution in [0, 0.1) is 11.8 Å². The van der Waals surface area contributed by atoms with Gasteiger partial charge in [0.05, 0.1) is 5.92 Å². The summed E-state index contributed by atoms with van der Waals surface area (Å²) in [4.78, 5) is 22.3. The Bertz CT molecular complexity index is 440. The maximum absolute atomic E-state index is 11.5. The molecule has 0 saturated heterocycles. The highest BCUT2D eigenvalue weighted by Crippen LogP contribution is 2.24. The van der Waals surface area contributed by atoms with Crippen molar-refractivity contribution in [2.45, 2.75) is 89.8 Å². The molecule has 5 N–H and O–H groups in total. The van der Waals surface area contributed by atoms with Crippen molar-refractivity contribution in [3.05, 3.63) is 0 Å². The van der Waals surface area contributed by atoms with Crippen LogP contribution in [0.3, 0.4) is 0 Å². The topological polar surface area (TPSA) is 122 Å². The molecule has 0 aliphatic heterocycles. The third kappa shape index (κ3) is 11.4. The highest BCUT2D eigenvalue weighted by molar-refractivity contribution is 5.85. The molecule has 2 fully saturated rings. The summed E-state index contributed by atoms with van der Waals surface area (Å²) < 4.78 is 5.15. The number of carboxylic acid groups (broad SMARTS) is 1. The highest BCUT2D eigenvalue weighted by atomic mass is 35.5. The van der Waals surface area contributed by atoms with Gasteiger partial charge in [-0.3, -0.25) is 4.79 Å². The van der Waals surface area contributed by atoms with E-state index < -0.39 is 17.7 Å². The van der Waals surface area contributed by atoms with E-state index in [4.69, 9.17) is 20.7 Å². The van der Waals surface area contributed by atoms with Crippen molar-refractivity contribution in [1.82, 2.24) is 5.32 Å². The Labute approximate surface area is 168 Å². The van der Waals surface area contributed by atoms with Gasteiger partial charge in [0.25, 0.3) is 0 Å². The normalized spacial score (nSPS) is 28.0. The van der Waals surface area contributed by atoms with Gasteiger partial charge < -0.3 is 26.0 Å². The second kappa shape index (κ2) is 12.4. The second-order valence-electron chi connectivity index (χ2n) is 8.50. The number of aliphatic hydroxyl groups is 1. The predicted molar refractivity (Wildman–Crippen MR) is 107 cm³/mol. The van der Waals surface area contributed by atoms with Gasteiger partial charge in [-0.25, -0.2) is 4.79 Å². The maximum atomic E-state index is 11.5. The summed E-state index contributed by atoms with van der Waals surface area (Å²) in [7, 11) is 0. The average Bonchev–Trinajstić information content (AvgIpc) is 2.55. The van der Waals surface area contributed by atoms with E-state index in [-0.39, 0.29) is 24.4 Å². The van der Waals surface area contributed by atoms with E-state index in [0.717, 1.165) is 25.7 Å². The predicted octanol–water partition coefficient (Wildman–Crippen LogP) is 3.07. The van der Waals surface area contributed by atoms with Crippen molar-refractivity contribution >= 4 is 24.5 Å². The maximum Gasteiger partial charge on any atom is 0.407 e. The van der Waals surface area contributed by atoms with Gasteiger partial charge in [-0.05, 0) is 78.1 Å². The van der Waals surface area contributed by atoms with Crippen LogP contribution in [0.5, 0.6) is 0 Å². The van der Waals surface area contributed by atoms with Gasteiger partial charge in [0, 0.05) is 18.7 Å². The Morgan fingerprint density at radius 1 is 1.04 bits per heavy atom. The number of aliphatic carboxylic acids is 1. The van der Waals surface area contributed by atoms with Crippen LogP contribution in [-0.4, -0.2) is 46.6 Å². The number of halogens is 1. The highest BCUT2D eigenvalue weighted by Gasteiger charge is 2.27. The van der Waals surface area contributed by atoms with E-state index in [9.17, 15) is 9.59 Å². The first-order valence-electron chi connectivity index (χ1n) is 9.69. The number of carbonyl (C=O) groups excluding carboxylic acids is 1. The molecule has 0 heterocycles. The fourth-order valence-corrected chi connectivity index (χ4v) is 3.33. The zero-order valence-corrected chi connectivity index (χ0v) is 17.6. The standard InChI is InChI=1S/C12H21NO4.C7H15NO.ClH/c1-12(2,3)17-11(16)13-9-6-4-8(5-7-9)10(14)15;8-7-3-1-6(5-9)2-4-7;/h8-9H,4-7H2,1-3H3,(H,13,16)(H,14,15);6-7,9H,1-5,8H2;1H. The van der Waals surface area contributed by atoms with Crippen LogP contribution in [0.1, 0.15) is 72.1 Å². The summed E-state index contributed by atoms with van der Waals surface area (Å²) in [5.74, 6) is -0.447. The number of carbonyl (C=O) groups is 2. The third-order valence-electron chi connectivity index (χ3n) is 4.95. The van der Waals surface area contributed by atoms with Crippen LogP contribution < -0.4 is 11.1 Å². The lowest BCUT2D eigenvalue weighted by atomic mass is 9.86. The molecule has 2 rings (SSSR count). The number of amides is 1. The molecule has 0 atom stereocenters. The van der Waals surface area contributed by atoms with Crippen molar-refractivity contribution in [2.75, 3.05) is 6.61 Å². The Morgan fingerprint density at radius 3 is 1.96 bits per heavy atom. The number of rotatable bonds is 3. The summed E-state index contributed by atoms with van der Waals surface area (Å²) in [6.45, 7) is 5.79. The van der Waals surface area contributed by atoms with E-state index >= 15 is 0 Å². The number of aliphatic hydroxyl groups excluding tert-OH is 1. The molecule has 27 heavy (non-hydrogen) atoms. The summed E-state index contributed by atoms with van der Waals surface area (Å²) in [6.07, 6.45) is 6.68. The van der Waals surface area contributed by atoms with Crippen molar-refractivity contribution < 1.29 is 24.5 Å². The fourth-order valence-electron chi connectivity index (χ4n) is 3.33. The zero-order chi connectivity index (χ0) is 19.7. The van der Waals surface area contributed by atoms with E-state index in [1.165, 1.54) is 0 Å². The number of hydrogen-bond acceptors (Lipinski definition) is 5. The minimum absolute atomic E-state index is 0. The lowest BCUT2D eigenvalue weighted by Gasteiger charge is -2.28. The number of nitrogens with one attached hydrogen (secondary N) is 1. The van der Waals surface area contributed by atoms with E-state index in [2.05, 4.69) is 5.32 Å². The van der Waals surface area contributed by atoms with Gasteiger partial charge in [-0.2, -0.15) is 0 Å². The van der Waals surface area contributed by atoms with Crippen molar-refractivity contribution in [3.63, 3.8) is 0 Å². The Balaban J connectivity index is 0.000000572. The van der Waals surface area contributed by atoms with E-state index in [0.29, 0.717) is 44.2 Å². The molecule has 160 valence electrons. The smallest absolute Gasteiger partial charge is 0.407 e. The Hall–Kier alpha value is -1.05. The lowest BCUT2D eigenvalue weighted by Crippen LogP contribution is -2.41. The van der Waals surface area contributed by atoms with Crippen molar-refractivity contribution in [3.8, 4) is 0 Å². The van der Waals surface area contributed by atoms with Crippen LogP contribution in [-0.2, 0) is 9.53 Å². The molecular weight excluding hydrogens is 372 g/mol. The van der Waals surface area contributed by atoms with Crippen LogP contribution in [0.15, 0.2) is 0 Å². The fraction of sp³-hybridized carbons (Fsp3) is 0.895. The molecule has 0 unspecified atom stereocenters. The first kappa shape index (κ1) is 26.0. The third-order valence-corrected chi connectivity index (χ3v) is 4.95. The first-order valence-corrected chi connectivity index (χ1v) is 9.69. The molecule has 0 aromatic heterocycles. The second-order valence-corrected chi connectivity index (χ2v) is 8.50. The van der Waals surface area contributed by atoms with Crippen LogP contribution >= 0.6 is 12.4 Å². The van der Waals surface area contributed by atoms with Crippen molar-refractivity contribution in [2.24, 2.45) is 17.6 Å². The number of nitrogens with two attached hydrogens (primary N) is 1. The summed E-state index contributed by atoms with van der Waals surface area (Å²) in [6, 6.07) is 0.452. The zero-order valence-electron chi connectivity index (χ0n) is 16.8. The molecule has 0 aromatic carbocycles. The first-order chi connectivity index (χ1) is 12.1. The molecular formula is C19H37ClN2O5. The summed E-state index contributed by atoms with van der Waals surface area (Å²) >= 11 is 0. The van der Waals surface area contributed by atoms with Crippen molar-refractivity contribution in [1.29, 1.82) is 0 Å². The molecule has 0 radical (unpaired) electrons. The molecule has 0 aromatic rings. The summed E-state index contributed by atoms with van der Waals surface area (Å²) in [5, 5.41) is 20.4. The molecule has 2 aliphatic rings. The van der Waals surface area contributed by atoms with Gasteiger partial charge in [0.15, 0.2) is 0 Å². The lowest BCUT2D eigenvalue weighted by molar-refractivity contribution is -0.142. The number of ether oxygens (including phenoxy) is 1. The quantitative estimate of drug-likeness (QED) is 0.569. The largest absolute Gasteiger partial charge is 0.481 e. The SMILES string of the molecule is CC(C)(C)OC(=O)NC1CCC(C(=O)O)CC1.Cl.NC1CCC(CO)CC1. The van der Waals surface area contributed by atoms with Gasteiger partial charge >= 0.3 is 12.1 Å². The molecule has 1 amide bonds. The molecule has 2 saturated carbocycles. The van der Waals surface area contributed by atoms with E-state index in [1.54, 1.807) is 0 Å². The average molecular weight is 409 g/mol. The van der Waals surface area contributed by atoms with Crippen LogP contribution in [0.2, 0.25) is 0 Å². The molecule has 0 bridgehead atoms. The van der Waals surface area contributed by atoms with Crippen LogP contribution in [0.25, 0.3) is 0 Å². The van der Waals surface area contributed by atoms with Gasteiger partial charge in [0.1, 0.15) is 5.60 Å². The molecule has 8 heteroatoms. The van der Waals surface area contributed by atoms with E-state index in [1.807, 2.05) is 20.8 Å². The Morgan fingerprint density at radius 2 is 1.56 bits per heavy atom. The van der Waals surface area contributed by atoms with Gasteiger partial charge in [-0.1, -0.05) is 0 Å². The molecule has 0 spiro atoms. The Kier molecular flexibility index (Phi) is 11.9. The molecule has 7 nitrogen and oxygen atoms in total. The van der Waals surface area contributed by atoms with Gasteiger partial charge in [-0.15, -0.1) is 12.4 Å². The minimum atomic E-state index is -0.735.